The highest BCUT2D eigenvalue weighted by molar-refractivity contribution is 5.74. The highest BCUT2D eigenvalue weighted by atomic mass is 19.1. The van der Waals surface area contributed by atoms with Crippen molar-refractivity contribution in [3.63, 3.8) is 0 Å². The first-order chi connectivity index (χ1) is 12.7. The van der Waals surface area contributed by atoms with E-state index in [0.29, 0.717) is 31.6 Å². The van der Waals surface area contributed by atoms with E-state index in [-0.39, 0.29) is 11.8 Å². The first kappa shape index (κ1) is 18.0. The Morgan fingerprint density at radius 1 is 1.08 bits per heavy atom. The van der Waals surface area contributed by atoms with E-state index in [2.05, 4.69) is 10.2 Å². The summed E-state index contributed by atoms with van der Waals surface area (Å²) in [6.45, 7) is 3.33. The quantitative estimate of drug-likeness (QED) is 0.895. The molecule has 2 amide bonds. The minimum absolute atomic E-state index is 0.0873. The van der Waals surface area contributed by atoms with Crippen LogP contribution in [-0.2, 0) is 6.42 Å². The lowest BCUT2D eigenvalue weighted by atomic mass is 10.1. The van der Waals surface area contributed by atoms with Crippen LogP contribution in [-0.4, -0.2) is 50.8 Å². The van der Waals surface area contributed by atoms with Crippen LogP contribution < -0.4 is 15.0 Å². The molecule has 1 saturated heterocycles. The second kappa shape index (κ2) is 8.56. The van der Waals surface area contributed by atoms with Crippen LogP contribution >= 0.6 is 0 Å². The molecule has 0 saturated carbocycles. The fourth-order valence-corrected chi connectivity index (χ4v) is 3.08. The first-order valence-corrected chi connectivity index (χ1v) is 8.82. The van der Waals surface area contributed by atoms with Gasteiger partial charge >= 0.3 is 6.03 Å². The van der Waals surface area contributed by atoms with Gasteiger partial charge in [0.15, 0.2) is 0 Å². The topological polar surface area (TPSA) is 44.8 Å². The Kier molecular flexibility index (Phi) is 5.94. The maximum Gasteiger partial charge on any atom is 0.317 e. The number of benzene rings is 2. The van der Waals surface area contributed by atoms with E-state index in [1.807, 2.05) is 24.3 Å². The third kappa shape index (κ3) is 4.45. The number of hydrogen-bond acceptors (Lipinski definition) is 3. The van der Waals surface area contributed by atoms with Crippen LogP contribution in [0.4, 0.5) is 14.9 Å². The summed E-state index contributed by atoms with van der Waals surface area (Å²) in [6.07, 6.45) is 0.490. The van der Waals surface area contributed by atoms with Gasteiger partial charge in [-0.15, -0.1) is 0 Å². The molecule has 0 aromatic heterocycles. The summed E-state index contributed by atoms with van der Waals surface area (Å²) in [5.74, 6) is 0.608. The fourth-order valence-electron chi connectivity index (χ4n) is 3.08. The number of piperazine rings is 1. The molecule has 0 bridgehead atoms. The van der Waals surface area contributed by atoms with Gasteiger partial charge in [0.25, 0.3) is 0 Å². The van der Waals surface area contributed by atoms with Crippen LogP contribution in [0.15, 0.2) is 48.5 Å². The van der Waals surface area contributed by atoms with Crippen LogP contribution in [0, 0.1) is 5.82 Å². The summed E-state index contributed by atoms with van der Waals surface area (Å²) < 4.78 is 18.8. The summed E-state index contributed by atoms with van der Waals surface area (Å²) >= 11 is 0. The molecule has 1 aliphatic rings. The van der Waals surface area contributed by atoms with Crippen LogP contribution in [0.25, 0.3) is 0 Å². The van der Waals surface area contributed by atoms with Crippen molar-refractivity contribution in [2.45, 2.75) is 6.42 Å². The number of carbonyl (C=O) groups is 1. The van der Waals surface area contributed by atoms with Crippen molar-refractivity contribution >= 4 is 11.7 Å². The van der Waals surface area contributed by atoms with Crippen molar-refractivity contribution in [3.8, 4) is 5.75 Å². The summed E-state index contributed by atoms with van der Waals surface area (Å²) in [5.41, 5.74) is 1.75. The third-order valence-corrected chi connectivity index (χ3v) is 4.63. The number of carbonyl (C=O) groups excluding carboxylic acids is 1. The standard InChI is InChI=1S/C20H24FN3O2/c1-26-18-8-6-17(7-9-18)23-12-14-24(15-13-23)20(25)22-11-10-16-4-2-3-5-19(16)21/h2-9H,10-15H2,1H3,(H,22,25). The predicted octanol–water partition coefficient (Wildman–Crippen LogP) is 2.91. The number of anilines is 1. The fraction of sp³-hybridized carbons (Fsp3) is 0.350. The van der Waals surface area contributed by atoms with Crippen molar-refractivity contribution < 1.29 is 13.9 Å². The number of amides is 2. The maximum atomic E-state index is 13.6. The number of methoxy groups -OCH3 is 1. The normalized spacial score (nSPS) is 14.2. The molecule has 1 aliphatic heterocycles. The van der Waals surface area contributed by atoms with Crippen LogP contribution in [0.1, 0.15) is 5.56 Å². The lowest BCUT2D eigenvalue weighted by molar-refractivity contribution is 0.194. The zero-order chi connectivity index (χ0) is 18.4. The molecule has 1 heterocycles. The van der Waals surface area contributed by atoms with Gasteiger partial charge in [-0.2, -0.15) is 0 Å². The van der Waals surface area contributed by atoms with Gasteiger partial charge in [0, 0.05) is 38.4 Å². The second-order valence-corrected chi connectivity index (χ2v) is 6.25. The molecule has 5 nitrogen and oxygen atoms in total. The van der Waals surface area contributed by atoms with Gasteiger partial charge in [0.2, 0.25) is 0 Å². The maximum absolute atomic E-state index is 13.6. The van der Waals surface area contributed by atoms with E-state index >= 15 is 0 Å². The van der Waals surface area contributed by atoms with Gasteiger partial charge in [-0.05, 0) is 42.3 Å². The molecule has 1 fully saturated rings. The Hall–Kier alpha value is -2.76. The minimum atomic E-state index is -0.227. The molecule has 2 aromatic rings. The van der Waals surface area contributed by atoms with Crippen LogP contribution in [0.2, 0.25) is 0 Å². The smallest absolute Gasteiger partial charge is 0.317 e. The molecule has 0 aliphatic carbocycles. The van der Waals surface area contributed by atoms with E-state index in [9.17, 15) is 9.18 Å². The number of nitrogens with zero attached hydrogens (tertiary/aromatic N) is 2. The Balaban J connectivity index is 1.43. The number of hydrogen-bond donors (Lipinski definition) is 1. The van der Waals surface area contributed by atoms with Crippen LogP contribution in [0.3, 0.4) is 0 Å². The number of ether oxygens (including phenoxy) is 1. The average molecular weight is 357 g/mol. The Labute approximate surface area is 153 Å². The molecule has 2 aromatic carbocycles. The van der Waals surface area contributed by atoms with Gasteiger partial charge < -0.3 is 19.9 Å². The summed E-state index contributed by atoms with van der Waals surface area (Å²) in [4.78, 5) is 16.3. The number of halogens is 1. The highest BCUT2D eigenvalue weighted by Crippen LogP contribution is 2.20. The average Bonchev–Trinajstić information content (AvgIpc) is 2.69. The zero-order valence-electron chi connectivity index (χ0n) is 15.0. The van der Waals surface area contributed by atoms with E-state index in [1.165, 1.54) is 6.07 Å². The molecule has 0 atom stereocenters. The lowest BCUT2D eigenvalue weighted by Crippen LogP contribution is -2.52. The molecule has 6 heteroatoms. The van der Waals surface area contributed by atoms with Gasteiger partial charge in [-0.3, -0.25) is 0 Å². The Morgan fingerprint density at radius 2 is 1.77 bits per heavy atom. The second-order valence-electron chi connectivity index (χ2n) is 6.25. The Morgan fingerprint density at radius 3 is 2.42 bits per heavy atom. The van der Waals surface area contributed by atoms with Gasteiger partial charge in [-0.25, -0.2) is 9.18 Å². The van der Waals surface area contributed by atoms with E-state index < -0.39 is 0 Å². The number of nitrogens with one attached hydrogen (secondary N) is 1. The molecule has 0 spiro atoms. The molecule has 0 radical (unpaired) electrons. The summed E-state index contributed by atoms with van der Waals surface area (Å²) in [6, 6.07) is 14.5. The van der Waals surface area contributed by atoms with Crippen molar-refractivity contribution in [1.29, 1.82) is 0 Å². The van der Waals surface area contributed by atoms with Crippen molar-refractivity contribution in [3.05, 3.63) is 59.9 Å². The van der Waals surface area contributed by atoms with Gasteiger partial charge in [-0.1, -0.05) is 18.2 Å². The van der Waals surface area contributed by atoms with Crippen LogP contribution in [0.5, 0.6) is 5.75 Å². The molecule has 3 rings (SSSR count). The lowest BCUT2D eigenvalue weighted by Gasteiger charge is -2.36. The largest absolute Gasteiger partial charge is 0.497 e. The zero-order valence-corrected chi connectivity index (χ0v) is 15.0. The van der Waals surface area contributed by atoms with E-state index in [0.717, 1.165) is 24.5 Å². The molecule has 0 unspecified atom stereocenters. The highest BCUT2D eigenvalue weighted by Gasteiger charge is 2.21. The Bertz CT molecular complexity index is 728. The van der Waals surface area contributed by atoms with Gasteiger partial charge in [0.05, 0.1) is 7.11 Å². The first-order valence-electron chi connectivity index (χ1n) is 8.82. The molecule has 1 N–H and O–H groups in total. The van der Waals surface area contributed by atoms with Crippen molar-refractivity contribution in [2.24, 2.45) is 0 Å². The molecule has 138 valence electrons. The van der Waals surface area contributed by atoms with E-state index in [4.69, 9.17) is 4.74 Å². The minimum Gasteiger partial charge on any atom is -0.497 e. The molecular weight excluding hydrogens is 333 g/mol. The monoisotopic (exact) mass is 357 g/mol. The molecule has 26 heavy (non-hydrogen) atoms. The van der Waals surface area contributed by atoms with Crippen molar-refractivity contribution in [1.82, 2.24) is 10.2 Å². The predicted molar refractivity (Wildman–Crippen MR) is 100 cm³/mol. The number of urea groups is 1. The van der Waals surface area contributed by atoms with E-state index in [1.54, 1.807) is 30.2 Å². The van der Waals surface area contributed by atoms with Gasteiger partial charge in [0.1, 0.15) is 11.6 Å². The number of rotatable bonds is 5. The summed E-state index contributed by atoms with van der Waals surface area (Å²) in [5, 5.41) is 2.88. The molecular formula is C20H24FN3O2. The summed E-state index contributed by atoms with van der Waals surface area (Å²) in [7, 11) is 1.65. The van der Waals surface area contributed by atoms with Crippen molar-refractivity contribution in [2.75, 3.05) is 44.7 Å². The third-order valence-electron chi connectivity index (χ3n) is 4.63. The SMILES string of the molecule is COc1ccc(N2CCN(C(=O)NCCc3ccccc3F)CC2)cc1.